The molecule has 1 aromatic heterocycles. The van der Waals surface area contributed by atoms with Gasteiger partial charge in [-0.3, -0.25) is 19.3 Å². The van der Waals surface area contributed by atoms with E-state index in [1.54, 1.807) is 55.6 Å². The van der Waals surface area contributed by atoms with Crippen molar-refractivity contribution in [2.24, 2.45) is 5.92 Å². The number of fused-ring (bicyclic) bond motifs is 1. The number of nitrogens with one attached hydrogen (secondary N) is 1. The number of benzene rings is 3. The number of hydrogen-bond acceptors (Lipinski definition) is 6. The minimum atomic E-state index is -1.07. The highest BCUT2D eigenvalue weighted by Gasteiger charge is 2.35. The van der Waals surface area contributed by atoms with Crippen molar-refractivity contribution in [1.29, 1.82) is 0 Å². The van der Waals surface area contributed by atoms with E-state index < -0.39 is 11.9 Å². The van der Waals surface area contributed by atoms with Crippen LogP contribution in [0.15, 0.2) is 72.8 Å². The van der Waals surface area contributed by atoms with Gasteiger partial charge in [-0.15, -0.1) is 5.10 Å². The van der Waals surface area contributed by atoms with Crippen LogP contribution in [0.4, 0.5) is 5.69 Å². The molecule has 4 aromatic rings. The zero-order valence-electron chi connectivity index (χ0n) is 22.6. The number of methoxy groups -OCH3 is 1. The summed E-state index contributed by atoms with van der Waals surface area (Å²) in [6.07, 6.45) is 0.777. The van der Waals surface area contributed by atoms with Gasteiger partial charge in [-0.25, -0.2) is 4.68 Å². The van der Waals surface area contributed by atoms with Gasteiger partial charge in [0.05, 0.1) is 18.3 Å². The predicted molar refractivity (Wildman–Crippen MR) is 150 cm³/mol. The summed E-state index contributed by atoms with van der Waals surface area (Å²) in [6, 6.07) is 20.1. The van der Waals surface area contributed by atoms with Crippen molar-refractivity contribution in [1.82, 2.24) is 20.3 Å². The number of Topliss-reactive ketones (excluding diaryl/α,β-unsaturated/α-hetero) is 1. The van der Waals surface area contributed by atoms with Crippen molar-refractivity contribution >= 4 is 34.3 Å². The van der Waals surface area contributed by atoms with E-state index >= 15 is 0 Å². The number of rotatable bonds is 11. The van der Waals surface area contributed by atoms with Crippen molar-refractivity contribution in [3.05, 3.63) is 83.9 Å². The summed E-state index contributed by atoms with van der Waals surface area (Å²) in [4.78, 5) is 42.1. The summed E-state index contributed by atoms with van der Waals surface area (Å²) >= 11 is 0. The smallest absolute Gasteiger partial charge is 0.249 e. The maximum Gasteiger partial charge on any atom is 0.249 e. The molecule has 1 atom stereocenters. The van der Waals surface area contributed by atoms with Crippen molar-refractivity contribution in [2.45, 2.75) is 39.8 Å². The molecule has 0 fully saturated rings. The van der Waals surface area contributed by atoms with Crippen LogP contribution in [0.2, 0.25) is 0 Å². The van der Waals surface area contributed by atoms with Crippen LogP contribution in [0.3, 0.4) is 0 Å². The van der Waals surface area contributed by atoms with Crippen molar-refractivity contribution < 1.29 is 19.1 Å². The van der Waals surface area contributed by atoms with Gasteiger partial charge in [0.1, 0.15) is 23.9 Å². The number of carbonyl (C=O) groups is 3. The number of ether oxygens (including phenoxy) is 1. The standard InChI is InChI=1S/C30H33N5O4/c1-20(2)16-17-31-30(38)29(22-10-9-11-23(18-22)39-4)35(26-14-7-5-12-24(26)21(3)36)28(37)19-34-27-15-8-6-13-25(27)32-33-34/h5-15,18,20,29H,16-17,19H2,1-4H3,(H,31,38)/t29-/m0/s1. The van der Waals surface area contributed by atoms with Crippen LogP contribution < -0.4 is 15.0 Å². The Labute approximate surface area is 227 Å². The topological polar surface area (TPSA) is 106 Å². The van der Waals surface area contributed by atoms with E-state index in [2.05, 4.69) is 29.5 Å². The van der Waals surface area contributed by atoms with Crippen LogP contribution in [0.25, 0.3) is 11.0 Å². The molecular formula is C30H33N5O4. The first kappa shape index (κ1) is 27.5. The highest BCUT2D eigenvalue weighted by atomic mass is 16.5. The minimum absolute atomic E-state index is 0.188. The molecule has 39 heavy (non-hydrogen) atoms. The van der Waals surface area contributed by atoms with E-state index in [4.69, 9.17) is 4.74 Å². The Balaban J connectivity index is 1.85. The molecule has 1 heterocycles. The monoisotopic (exact) mass is 527 g/mol. The minimum Gasteiger partial charge on any atom is -0.497 e. The zero-order valence-corrected chi connectivity index (χ0v) is 22.6. The van der Waals surface area contributed by atoms with Gasteiger partial charge in [0.25, 0.3) is 0 Å². The molecule has 0 aliphatic heterocycles. The molecule has 1 N–H and O–H groups in total. The number of ketones is 1. The average molecular weight is 528 g/mol. The van der Waals surface area contributed by atoms with E-state index in [-0.39, 0.29) is 18.2 Å². The summed E-state index contributed by atoms with van der Waals surface area (Å²) in [7, 11) is 1.54. The van der Waals surface area contributed by atoms with Crippen LogP contribution in [0.1, 0.15) is 49.2 Å². The molecule has 9 nitrogen and oxygen atoms in total. The van der Waals surface area contributed by atoms with Gasteiger partial charge in [-0.05, 0) is 61.2 Å². The molecule has 0 saturated heterocycles. The summed E-state index contributed by atoms with van der Waals surface area (Å²) in [5.74, 6) is -0.0798. The van der Waals surface area contributed by atoms with Crippen LogP contribution in [-0.2, 0) is 16.1 Å². The second-order valence-electron chi connectivity index (χ2n) is 9.73. The fourth-order valence-corrected chi connectivity index (χ4v) is 4.45. The van der Waals surface area contributed by atoms with Crippen molar-refractivity contribution in [3.63, 3.8) is 0 Å². The molecule has 202 valence electrons. The molecule has 0 aliphatic carbocycles. The quantitative estimate of drug-likeness (QED) is 0.286. The summed E-state index contributed by atoms with van der Waals surface area (Å²) in [5.41, 5.74) is 2.55. The van der Waals surface area contributed by atoms with E-state index in [9.17, 15) is 14.4 Å². The third kappa shape index (κ3) is 6.31. The Morgan fingerprint density at radius 3 is 2.49 bits per heavy atom. The molecule has 2 amide bonds. The molecule has 0 spiro atoms. The first-order chi connectivity index (χ1) is 18.8. The van der Waals surface area contributed by atoms with Gasteiger partial charge in [-0.2, -0.15) is 0 Å². The molecule has 0 unspecified atom stereocenters. The van der Waals surface area contributed by atoms with E-state index in [0.29, 0.717) is 46.1 Å². The van der Waals surface area contributed by atoms with Crippen LogP contribution in [0, 0.1) is 5.92 Å². The SMILES string of the molecule is COc1cccc([C@@H](C(=O)NCCC(C)C)N(C(=O)Cn2nnc3ccccc32)c2ccccc2C(C)=O)c1. The van der Waals surface area contributed by atoms with Gasteiger partial charge in [0.15, 0.2) is 5.78 Å². The third-order valence-electron chi connectivity index (χ3n) is 6.45. The first-order valence-electron chi connectivity index (χ1n) is 12.9. The molecule has 4 rings (SSSR count). The van der Waals surface area contributed by atoms with Crippen LogP contribution >= 0.6 is 0 Å². The zero-order chi connectivity index (χ0) is 27.9. The maximum atomic E-state index is 14.2. The molecule has 3 aromatic carbocycles. The number of hydrogen-bond donors (Lipinski definition) is 1. The molecule has 0 radical (unpaired) electrons. The predicted octanol–water partition coefficient (Wildman–Crippen LogP) is 4.58. The van der Waals surface area contributed by atoms with E-state index in [1.165, 1.54) is 16.5 Å². The number of para-hydroxylation sites is 2. The Morgan fingerprint density at radius 2 is 1.74 bits per heavy atom. The van der Waals surface area contributed by atoms with Crippen LogP contribution in [0.5, 0.6) is 5.75 Å². The molecule has 9 heteroatoms. The Bertz CT molecular complexity index is 1480. The fraction of sp³-hybridized carbons (Fsp3) is 0.300. The van der Waals surface area contributed by atoms with Gasteiger partial charge < -0.3 is 10.1 Å². The lowest BCUT2D eigenvalue weighted by Crippen LogP contribution is -2.46. The Morgan fingerprint density at radius 1 is 1.00 bits per heavy atom. The lowest BCUT2D eigenvalue weighted by molar-refractivity contribution is -0.127. The number of anilines is 1. The Hall–Kier alpha value is -4.53. The molecule has 0 bridgehead atoms. The summed E-state index contributed by atoms with van der Waals surface area (Å²) in [6.45, 7) is 5.85. The van der Waals surface area contributed by atoms with Crippen LogP contribution in [-0.4, -0.2) is 46.2 Å². The lowest BCUT2D eigenvalue weighted by atomic mass is 10.00. The van der Waals surface area contributed by atoms with Gasteiger partial charge in [0, 0.05) is 12.1 Å². The van der Waals surface area contributed by atoms with Gasteiger partial charge in [0.2, 0.25) is 11.8 Å². The normalized spacial score (nSPS) is 11.8. The first-order valence-corrected chi connectivity index (χ1v) is 12.9. The average Bonchev–Trinajstić information content (AvgIpc) is 3.33. The highest BCUT2D eigenvalue weighted by Crippen LogP contribution is 2.33. The number of carbonyl (C=O) groups excluding carboxylic acids is 3. The molecule has 0 saturated carbocycles. The van der Waals surface area contributed by atoms with E-state index in [1.807, 2.05) is 24.3 Å². The number of nitrogens with zero attached hydrogens (tertiary/aromatic N) is 4. The number of aromatic nitrogens is 3. The lowest BCUT2D eigenvalue weighted by Gasteiger charge is -2.33. The van der Waals surface area contributed by atoms with Crippen molar-refractivity contribution in [3.8, 4) is 5.75 Å². The second-order valence-corrected chi connectivity index (χ2v) is 9.73. The summed E-state index contributed by atoms with van der Waals surface area (Å²) in [5, 5.41) is 11.3. The molecule has 0 aliphatic rings. The van der Waals surface area contributed by atoms with Gasteiger partial charge >= 0.3 is 0 Å². The molecular weight excluding hydrogens is 494 g/mol. The van der Waals surface area contributed by atoms with Gasteiger partial charge in [-0.1, -0.05) is 55.5 Å². The summed E-state index contributed by atoms with van der Waals surface area (Å²) < 4.78 is 6.93. The third-order valence-corrected chi connectivity index (χ3v) is 6.45. The fourth-order valence-electron chi connectivity index (χ4n) is 4.45. The Kier molecular flexibility index (Phi) is 8.70. The second kappa shape index (κ2) is 12.3. The highest BCUT2D eigenvalue weighted by molar-refractivity contribution is 6.08. The number of amides is 2. The van der Waals surface area contributed by atoms with Crippen molar-refractivity contribution in [2.75, 3.05) is 18.6 Å². The largest absolute Gasteiger partial charge is 0.497 e. The van der Waals surface area contributed by atoms with E-state index in [0.717, 1.165) is 6.42 Å². The maximum absolute atomic E-state index is 14.2.